The molecule has 0 heterocycles. The first kappa shape index (κ1) is 15.9. The van der Waals surface area contributed by atoms with E-state index in [1.54, 1.807) is 12.1 Å². The molecule has 0 amide bonds. The van der Waals surface area contributed by atoms with Crippen molar-refractivity contribution < 1.29 is 4.92 Å². The summed E-state index contributed by atoms with van der Waals surface area (Å²) in [4.78, 5) is 11.0. The van der Waals surface area contributed by atoms with Gasteiger partial charge in [-0.1, -0.05) is 55.8 Å². The predicted molar refractivity (Wildman–Crippen MR) is 101 cm³/mol. The second-order valence-electron chi connectivity index (χ2n) is 6.85. The summed E-state index contributed by atoms with van der Waals surface area (Å²) in [6.45, 7) is 4.38. The van der Waals surface area contributed by atoms with Gasteiger partial charge in [0.15, 0.2) is 0 Å². The molecular weight excluding hydrogens is 334 g/mol. The van der Waals surface area contributed by atoms with Gasteiger partial charge in [-0.15, -0.1) is 0 Å². The number of fused-ring (bicyclic) bond motifs is 3. The van der Waals surface area contributed by atoms with Gasteiger partial charge in [0.2, 0.25) is 0 Å². The van der Waals surface area contributed by atoms with Crippen LogP contribution >= 0.6 is 11.6 Å². The lowest BCUT2D eigenvalue weighted by molar-refractivity contribution is -0.384. The van der Waals surface area contributed by atoms with Gasteiger partial charge in [0.1, 0.15) is 0 Å². The highest BCUT2D eigenvalue weighted by atomic mass is 35.5. The van der Waals surface area contributed by atoms with Gasteiger partial charge in [-0.25, -0.2) is 0 Å². The minimum atomic E-state index is -0.336. The molecular formula is C21H16ClNO2. The molecule has 0 unspecified atom stereocenters. The predicted octanol–water partition coefficient (Wildman–Crippen LogP) is 6.22. The third-order valence-corrected chi connectivity index (χ3v) is 5.28. The van der Waals surface area contributed by atoms with Crippen LogP contribution in [-0.4, -0.2) is 4.92 Å². The molecule has 0 bridgehead atoms. The number of hydrogen-bond acceptors (Lipinski definition) is 2. The fourth-order valence-electron chi connectivity index (χ4n) is 3.79. The Morgan fingerprint density at radius 2 is 1.52 bits per heavy atom. The summed E-state index contributed by atoms with van der Waals surface area (Å²) in [5, 5.41) is 12.1. The van der Waals surface area contributed by atoms with Gasteiger partial charge in [-0.05, 0) is 52.1 Å². The van der Waals surface area contributed by atoms with Crippen LogP contribution in [0.5, 0.6) is 0 Å². The van der Waals surface area contributed by atoms with E-state index in [4.69, 9.17) is 11.6 Å². The summed E-state index contributed by atoms with van der Waals surface area (Å²) in [6, 6.07) is 18.9. The third-order valence-electron chi connectivity index (χ3n) is 5.05. The number of benzene rings is 3. The third kappa shape index (κ3) is 2.35. The molecule has 0 saturated heterocycles. The Hall–Kier alpha value is -2.65. The van der Waals surface area contributed by atoms with Crippen LogP contribution in [-0.2, 0) is 5.41 Å². The van der Waals surface area contributed by atoms with E-state index in [2.05, 4.69) is 26.0 Å². The molecule has 0 atom stereocenters. The molecule has 4 heteroatoms. The molecule has 124 valence electrons. The van der Waals surface area contributed by atoms with Crippen molar-refractivity contribution in [2.45, 2.75) is 19.3 Å². The molecule has 0 spiro atoms. The monoisotopic (exact) mass is 349 g/mol. The highest BCUT2D eigenvalue weighted by Crippen LogP contribution is 2.50. The van der Waals surface area contributed by atoms with Crippen molar-refractivity contribution in [3.63, 3.8) is 0 Å². The van der Waals surface area contributed by atoms with Gasteiger partial charge >= 0.3 is 0 Å². The van der Waals surface area contributed by atoms with Crippen molar-refractivity contribution in [3.8, 4) is 22.3 Å². The fourth-order valence-corrected chi connectivity index (χ4v) is 3.96. The van der Waals surface area contributed by atoms with E-state index >= 15 is 0 Å². The van der Waals surface area contributed by atoms with E-state index in [9.17, 15) is 10.1 Å². The van der Waals surface area contributed by atoms with Crippen LogP contribution in [0.2, 0.25) is 5.02 Å². The van der Waals surface area contributed by atoms with Crippen LogP contribution < -0.4 is 0 Å². The Bertz CT molecular complexity index is 1020. The van der Waals surface area contributed by atoms with Crippen LogP contribution in [0, 0.1) is 10.1 Å². The molecule has 3 aromatic rings. The summed E-state index contributed by atoms with van der Waals surface area (Å²) in [5.41, 5.74) is 6.12. The average Bonchev–Trinajstić information content (AvgIpc) is 2.81. The standard InChI is InChI=1S/C21H16ClNO2/c1-21(2)18-9-7-13(15-5-3-4-6-20(15)23(24)25)11-16(18)17-12-14(22)8-10-19(17)21/h3-12H,1-2H3. The minimum absolute atomic E-state index is 0.115. The molecule has 25 heavy (non-hydrogen) atoms. The second kappa shape index (κ2) is 5.43. The molecule has 0 aromatic heterocycles. The van der Waals surface area contributed by atoms with Gasteiger partial charge in [0.25, 0.3) is 5.69 Å². The van der Waals surface area contributed by atoms with Crippen molar-refractivity contribution in [2.24, 2.45) is 0 Å². The molecule has 1 aliphatic rings. The Balaban J connectivity index is 1.97. The van der Waals surface area contributed by atoms with E-state index in [1.807, 2.05) is 30.3 Å². The first-order valence-corrected chi connectivity index (χ1v) is 8.46. The Labute approximate surface area is 151 Å². The van der Waals surface area contributed by atoms with Crippen molar-refractivity contribution in [1.82, 2.24) is 0 Å². The van der Waals surface area contributed by atoms with Gasteiger partial charge in [-0.3, -0.25) is 10.1 Å². The topological polar surface area (TPSA) is 43.1 Å². The molecule has 4 rings (SSSR count). The number of rotatable bonds is 2. The fraction of sp³-hybridized carbons (Fsp3) is 0.143. The molecule has 0 fully saturated rings. The maximum atomic E-state index is 11.4. The van der Waals surface area contributed by atoms with Gasteiger partial charge in [0.05, 0.1) is 10.5 Å². The highest BCUT2D eigenvalue weighted by Gasteiger charge is 2.35. The molecule has 0 radical (unpaired) electrons. The van der Waals surface area contributed by atoms with E-state index in [0.29, 0.717) is 10.6 Å². The number of hydrogen-bond donors (Lipinski definition) is 0. The summed E-state index contributed by atoms with van der Waals surface area (Å²) in [6.07, 6.45) is 0. The van der Waals surface area contributed by atoms with Crippen LogP contribution in [0.4, 0.5) is 5.69 Å². The first-order valence-electron chi connectivity index (χ1n) is 8.08. The zero-order chi connectivity index (χ0) is 17.8. The smallest absolute Gasteiger partial charge is 0.258 e. The van der Waals surface area contributed by atoms with E-state index in [-0.39, 0.29) is 16.0 Å². The molecule has 1 aliphatic carbocycles. The van der Waals surface area contributed by atoms with Crippen molar-refractivity contribution in [1.29, 1.82) is 0 Å². The van der Waals surface area contributed by atoms with Crippen LogP contribution in [0.3, 0.4) is 0 Å². The summed E-state index contributed by atoms with van der Waals surface area (Å²) < 4.78 is 0. The molecule has 3 aromatic carbocycles. The van der Waals surface area contributed by atoms with Crippen molar-refractivity contribution in [2.75, 3.05) is 0 Å². The van der Waals surface area contributed by atoms with E-state index in [0.717, 1.165) is 16.7 Å². The number of nitro groups is 1. The lowest BCUT2D eigenvalue weighted by Crippen LogP contribution is -2.14. The number of nitro benzene ring substituents is 1. The normalized spacial score (nSPS) is 14.0. The van der Waals surface area contributed by atoms with Crippen molar-refractivity contribution >= 4 is 17.3 Å². The van der Waals surface area contributed by atoms with Gasteiger partial charge < -0.3 is 0 Å². The molecule has 0 aliphatic heterocycles. The van der Waals surface area contributed by atoms with E-state index < -0.39 is 0 Å². The average molecular weight is 350 g/mol. The van der Waals surface area contributed by atoms with Crippen LogP contribution in [0.25, 0.3) is 22.3 Å². The molecule has 3 nitrogen and oxygen atoms in total. The summed E-state index contributed by atoms with van der Waals surface area (Å²) in [7, 11) is 0. The quantitative estimate of drug-likeness (QED) is 0.407. The van der Waals surface area contributed by atoms with E-state index in [1.165, 1.54) is 17.2 Å². The lowest BCUT2D eigenvalue weighted by atomic mass is 9.82. The van der Waals surface area contributed by atoms with Crippen LogP contribution in [0.1, 0.15) is 25.0 Å². The first-order chi connectivity index (χ1) is 11.9. The summed E-state index contributed by atoms with van der Waals surface area (Å²) >= 11 is 6.22. The zero-order valence-electron chi connectivity index (χ0n) is 13.9. The maximum Gasteiger partial charge on any atom is 0.277 e. The lowest BCUT2D eigenvalue weighted by Gasteiger charge is -2.21. The minimum Gasteiger partial charge on any atom is -0.258 e. The van der Waals surface area contributed by atoms with Crippen LogP contribution in [0.15, 0.2) is 60.7 Å². The Kier molecular flexibility index (Phi) is 3.44. The van der Waals surface area contributed by atoms with Gasteiger partial charge in [0, 0.05) is 16.5 Å². The zero-order valence-corrected chi connectivity index (χ0v) is 14.7. The Morgan fingerprint density at radius 3 is 2.24 bits per heavy atom. The number of halogens is 1. The molecule has 0 saturated carbocycles. The number of nitrogens with zero attached hydrogens (tertiary/aromatic N) is 1. The number of para-hydroxylation sites is 1. The maximum absolute atomic E-state index is 11.4. The SMILES string of the molecule is CC1(C)c2ccc(Cl)cc2-c2cc(-c3ccccc3[N+](=O)[O-])ccc21. The second-order valence-corrected chi connectivity index (χ2v) is 7.29. The largest absolute Gasteiger partial charge is 0.277 e. The molecule has 0 N–H and O–H groups in total. The Morgan fingerprint density at radius 1 is 0.880 bits per heavy atom. The highest BCUT2D eigenvalue weighted by molar-refractivity contribution is 6.31. The van der Waals surface area contributed by atoms with Gasteiger partial charge in [-0.2, -0.15) is 0 Å². The summed E-state index contributed by atoms with van der Waals surface area (Å²) in [5.74, 6) is 0. The van der Waals surface area contributed by atoms with Crippen molar-refractivity contribution in [3.05, 3.63) is 86.9 Å².